The maximum absolute atomic E-state index is 13.8. The smallest absolute Gasteiger partial charge is 0.274 e. The van der Waals surface area contributed by atoms with Crippen LogP contribution in [0.3, 0.4) is 0 Å². The molecule has 5 nitrogen and oxygen atoms in total. The van der Waals surface area contributed by atoms with Crippen LogP contribution in [0.1, 0.15) is 59.9 Å². The predicted octanol–water partition coefficient (Wildman–Crippen LogP) is 3.36. The SMILES string of the molecule is CCn1nc(C(=O)N2CCCCC2)c2c1CCC(NCCc1ccccc1F)C2. The summed E-state index contributed by atoms with van der Waals surface area (Å²) >= 11 is 0. The van der Waals surface area contributed by atoms with Crippen molar-refractivity contribution < 1.29 is 9.18 Å². The van der Waals surface area contributed by atoms with Crippen LogP contribution >= 0.6 is 0 Å². The van der Waals surface area contributed by atoms with Crippen molar-refractivity contribution in [3.05, 3.63) is 52.6 Å². The Morgan fingerprint density at radius 3 is 2.79 bits per heavy atom. The summed E-state index contributed by atoms with van der Waals surface area (Å²) in [6, 6.07) is 7.26. The quantitative estimate of drug-likeness (QED) is 0.812. The van der Waals surface area contributed by atoms with Crippen molar-refractivity contribution in [3.63, 3.8) is 0 Å². The van der Waals surface area contributed by atoms with Crippen LogP contribution in [0, 0.1) is 5.82 Å². The summed E-state index contributed by atoms with van der Waals surface area (Å²) < 4.78 is 15.8. The average Bonchev–Trinajstić information content (AvgIpc) is 3.13. The molecule has 1 N–H and O–H groups in total. The van der Waals surface area contributed by atoms with Crippen molar-refractivity contribution in [2.24, 2.45) is 0 Å². The van der Waals surface area contributed by atoms with Crippen LogP contribution < -0.4 is 5.32 Å². The summed E-state index contributed by atoms with van der Waals surface area (Å²) in [6.07, 6.45) is 6.82. The molecule has 6 heteroatoms. The lowest BCUT2D eigenvalue weighted by molar-refractivity contribution is 0.0716. The lowest BCUT2D eigenvalue weighted by Crippen LogP contribution is -2.38. The molecular formula is C23H31FN4O. The highest BCUT2D eigenvalue weighted by molar-refractivity contribution is 5.94. The van der Waals surface area contributed by atoms with Crippen molar-refractivity contribution >= 4 is 5.91 Å². The second-order valence-corrected chi connectivity index (χ2v) is 8.18. The summed E-state index contributed by atoms with van der Waals surface area (Å²) in [6.45, 7) is 5.30. The zero-order valence-corrected chi connectivity index (χ0v) is 17.3. The maximum Gasteiger partial charge on any atom is 0.274 e. The van der Waals surface area contributed by atoms with Crippen LogP contribution in [0.25, 0.3) is 0 Å². The van der Waals surface area contributed by atoms with Gasteiger partial charge in [0, 0.05) is 36.9 Å². The molecule has 2 heterocycles. The van der Waals surface area contributed by atoms with Crippen molar-refractivity contribution in [2.45, 2.75) is 64.5 Å². The van der Waals surface area contributed by atoms with E-state index in [4.69, 9.17) is 5.10 Å². The number of carbonyl (C=O) groups is 1. The van der Waals surface area contributed by atoms with E-state index in [1.165, 1.54) is 18.2 Å². The Morgan fingerprint density at radius 1 is 1.24 bits per heavy atom. The van der Waals surface area contributed by atoms with Crippen LogP contribution in [0.15, 0.2) is 24.3 Å². The van der Waals surface area contributed by atoms with Crippen molar-refractivity contribution in [1.82, 2.24) is 20.0 Å². The molecule has 2 aliphatic rings. The first kappa shape index (κ1) is 20.1. The highest BCUT2D eigenvalue weighted by atomic mass is 19.1. The molecule has 4 rings (SSSR count). The second kappa shape index (κ2) is 9.08. The van der Waals surface area contributed by atoms with E-state index >= 15 is 0 Å². The fourth-order valence-corrected chi connectivity index (χ4v) is 4.65. The first-order valence-electron chi connectivity index (χ1n) is 11.0. The summed E-state index contributed by atoms with van der Waals surface area (Å²) in [5.41, 5.74) is 3.75. The van der Waals surface area contributed by atoms with Gasteiger partial charge in [0.05, 0.1) is 0 Å². The van der Waals surface area contributed by atoms with Gasteiger partial charge in [-0.2, -0.15) is 5.10 Å². The molecule has 0 radical (unpaired) electrons. The molecule has 0 spiro atoms. The highest BCUT2D eigenvalue weighted by Crippen LogP contribution is 2.27. The number of hydrogen-bond acceptors (Lipinski definition) is 3. The third-order valence-corrected chi connectivity index (χ3v) is 6.28. The Bertz CT molecular complexity index is 857. The molecule has 1 amide bonds. The number of likely N-dealkylation sites (tertiary alicyclic amines) is 1. The molecule has 1 saturated heterocycles. The topological polar surface area (TPSA) is 50.2 Å². The number of nitrogens with one attached hydrogen (secondary N) is 1. The Hall–Kier alpha value is -2.21. The third-order valence-electron chi connectivity index (χ3n) is 6.28. The van der Waals surface area contributed by atoms with Gasteiger partial charge >= 0.3 is 0 Å². The Morgan fingerprint density at radius 2 is 2.03 bits per heavy atom. The number of rotatable bonds is 6. The van der Waals surface area contributed by atoms with Gasteiger partial charge in [-0.3, -0.25) is 9.48 Å². The molecule has 1 unspecified atom stereocenters. The molecule has 0 saturated carbocycles. The van der Waals surface area contributed by atoms with E-state index in [0.29, 0.717) is 18.2 Å². The molecule has 29 heavy (non-hydrogen) atoms. The molecular weight excluding hydrogens is 367 g/mol. The van der Waals surface area contributed by atoms with Gasteiger partial charge in [0.1, 0.15) is 5.82 Å². The first-order chi connectivity index (χ1) is 14.2. The van der Waals surface area contributed by atoms with Gasteiger partial charge in [0.2, 0.25) is 0 Å². The van der Waals surface area contributed by atoms with E-state index in [2.05, 4.69) is 12.2 Å². The molecule has 156 valence electrons. The van der Waals surface area contributed by atoms with Crippen LogP contribution in [-0.2, 0) is 25.8 Å². The first-order valence-corrected chi connectivity index (χ1v) is 11.0. The van der Waals surface area contributed by atoms with E-state index in [-0.39, 0.29) is 11.7 Å². The predicted molar refractivity (Wildman–Crippen MR) is 112 cm³/mol. The number of hydrogen-bond donors (Lipinski definition) is 1. The standard InChI is InChI=1S/C23H31FN4O/c1-2-28-21-11-10-18(25-13-12-17-8-4-5-9-20(17)24)16-19(21)22(26-28)23(29)27-14-6-3-7-15-27/h4-5,8-9,18,25H,2-3,6-7,10-16H2,1H3. The van der Waals surface area contributed by atoms with Gasteiger partial charge in [0.25, 0.3) is 5.91 Å². The average molecular weight is 399 g/mol. The van der Waals surface area contributed by atoms with Crippen molar-refractivity contribution in [1.29, 1.82) is 0 Å². The summed E-state index contributed by atoms with van der Waals surface area (Å²) in [5.74, 6) is -0.0426. The molecule has 1 fully saturated rings. The number of amides is 1. The van der Waals surface area contributed by atoms with E-state index in [9.17, 15) is 9.18 Å². The number of piperidine rings is 1. The minimum Gasteiger partial charge on any atom is -0.337 e. The number of nitrogens with zero attached hydrogens (tertiary/aromatic N) is 3. The fraction of sp³-hybridized carbons (Fsp3) is 0.565. The van der Waals surface area contributed by atoms with Gasteiger partial charge in [-0.05, 0) is 70.0 Å². The van der Waals surface area contributed by atoms with Crippen LogP contribution in [-0.4, -0.2) is 46.3 Å². The summed E-state index contributed by atoms with van der Waals surface area (Å²) in [7, 11) is 0. The van der Waals surface area contributed by atoms with Gasteiger partial charge in [0.15, 0.2) is 5.69 Å². The number of fused-ring (bicyclic) bond motifs is 1. The number of halogens is 1. The summed E-state index contributed by atoms with van der Waals surface area (Å²) in [4.78, 5) is 15.1. The van der Waals surface area contributed by atoms with Crippen LogP contribution in [0.4, 0.5) is 4.39 Å². The van der Waals surface area contributed by atoms with Gasteiger partial charge in [-0.1, -0.05) is 18.2 Å². The van der Waals surface area contributed by atoms with Gasteiger partial charge in [-0.25, -0.2) is 4.39 Å². The fourth-order valence-electron chi connectivity index (χ4n) is 4.65. The van der Waals surface area contributed by atoms with Gasteiger partial charge < -0.3 is 10.2 Å². The molecule has 1 aromatic heterocycles. The number of carbonyl (C=O) groups excluding carboxylic acids is 1. The molecule has 2 aromatic rings. The summed E-state index contributed by atoms with van der Waals surface area (Å²) in [5, 5.41) is 8.29. The Kier molecular flexibility index (Phi) is 6.28. The highest BCUT2D eigenvalue weighted by Gasteiger charge is 2.31. The van der Waals surface area contributed by atoms with Crippen molar-refractivity contribution in [3.8, 4) is 0 Å². The number of aryl methyl sites for hydroxylation is 1. The zero-order valence-electron chi connectivity index (χ0n) is 17.3. The lowest BCUT2D eigenvalue weighted by atomic mass is 9.90. The largest absolute Gasteiger partial charge is 0.337 e. The minimum absolute atomic E-state index is 0.0974. The minimum atomic E-state index is -0.140. The van der Waals surface area contributed by atoms with E-state index in [1.807, 2.05) is 21.7 Å². The van der Waals surface area contributed by atoms with E-state index in [1.54, 1.807) is 6.07 Å². The van der Waals surface area contributed by atoms with Gasteiger partial charge in [-0.15, -0.1) is 0 Å². The molecule has 1 aliphatic heterocycles. The van der Waals surface area contributed by atoms with E-state index in [0.717, 1.165) is 69.4 Å². The Labute approximate surface area is 172 Å². The van der Waals surface area contributed by atoms with E-state index < -0.39 is 0 Å². The monoisotopic (exact) mass is 398 g/mol. The second-order valence-electron chi connectivity index (χ2n) is 8.18. The molecule has 1 atom stereocenters. The lowest BCUT2D eigenvalue weighted by Gasteiger charge is -2.28. The zero-order chi connectivity index (χ0) is 20.2. The maximum atomic E-state index is 13.8. The molecule has 1 aliphatic carbocycles. The Balaban J connectivity index is 1.44. The molecule has 0 bridgehead atoms. The third kappa shape index (κ3) is 4.37. The van der Waals surface area contributed by atoms with Crippen LogP contribution in [0.2, 0.25) is 0 Å². The number of benzene rings is 1. The van der Waals surface area contributed by atoms with Crippen molar-refractivity contribution in [2.75, 3.05) is 19.6 Å². The molecule has 1 aromatic carbocycles. The number of aromatic nitrogens is 2. The van der Waals surface area contributed by atoms with Crippen LogP contribution in [0.5, 0.6) is 0 Å². The normalized spacial score (nSPS) is 19.2.